The smallest absolute Gasteiger partial charge is 0.258 e. The van der Waals surface area contributed by atoms with E-state index in [0.29, 0.717) is 22.7 Å². The van der Waals surface area contributed by atoms with E-state index >= 15 is 0 Å². The van der Waals surface area contributed by atoms with Crippen molar-refractivity contribution in [2.75, 3.05) is 5.32 Å². The lowest BCUT2D eigenvalue weighted by molar-refractivity contribution is 0.102. The van der Waals surface area contributed by atoms with E-state index in [-0.39, 0.29) is 5.56 Å². The number of aryl methyl sites for hydroxylation is 1. The minimum atomic E-state index is -0.785. The Kier molecular flexibility index (Phi) is 3.13. The van der Waals surface area contributed by atoms with Gasteiger partial charge in [-0.05, 0) is 36.4 Å². The molecule has 0 spiro atoms. The zero-order chi connectivity index (χ0) is 15.0. The molecule has 0 aliphatic carbocycles. The highest BCUT2D eigenvalue weighted by atomic mass is 19.1. The summed E-state index contributed by atoms with van der Waals surface area (Å²) in [6.45, 7) is 1.71. The number of hydrogen-bond acceptors (Lipinski definition) is 3. The van der Waals surface area contributed by atoms with Gasteiger partial charge >= 0.3 is 0 Å². The topological polar surface area (TPSA) is 55.1 Å². The summed E-state index contributed by atoms with van der Waals surface area (Å²) >= 11 is 0. The van der Waals surface area contributed by atoms with Gasteiger partial charge in [0.05, 0.1) is 5.56 Å². The molecule has 4 nitrogen and oxygen atoms in total. The highest BCUT2D eigenvalue weighted by molar-refractivity contribution is 6.05. The van der Waals surface area contributed by atoms with Crippen molar-refractivity contribution in [3.63, 3.8) is 0 Å². The van der Waals surface area contributed by atoms with Crippen molar-refractivity contribution in [3.8, 4) is 0 Å². The van der Waals surface area contributed by atoms with Crippen molar-refractivity contribution in [2.45, 2.75) is 6.92 Å². The third-order valence-electron chi connectivity index (χ3n) is 2.93. The van der Waals surface area contributed by atoms with Gasteiger partial charge in [0.15, 0.2) is 11.5 Å². The van der Waals surface area contributed by atoms with Crippen molar-refractivity contribution in [2.24, 2.45) is 0 Å². The number of rotatable bonds is 2. The molecule has 0 saturated heterocycles. The second-order valence-corrected chi connectivity index (χ2v) is 4.49. The molecule has 6 heteroatoms. The summed E-state index contributed by atoms with van der Waals surface area (Å²) in [6, 6.07) is 7.56. The molecule has 3 aromatic rings. The minimum Gasteiger partial charge on any atom is -0.441 e. The van der Waals surface area contributed by atoms with Crippen LogP contribution in [0.3, 0.4) is 0 Å². The van der Waals surface area contributed by atoms with Crippen LogP contribution in [0.25, 0.3) is 11.1 Å². The first-order valence-electron chi connectivity index (χ1n) is 6.16. The monoisotopic (exact) mass is 288 g/mol. The van der Waals surface area contributed by atoms with Gasteiger partial charge in [-0.2, -0.15) is 0 Å². The quantitative estimate of drug-likeness (QED) is 0.782. The van der Waals surface area contributed by atoms with Gasteiger partial charge in [0.2, 0.25) is 0 Å². The number of anilines is 1. The predicted octanol–water partition coefficient (Wildman–Crippen LogP) is 3.67. The van der Waals surface area contributed by atoms with Crippen LogP contribution in [-0.2, 0) is 0 Å². The van der Waals surface area contributed by atoms with Gasteiger partial charge in [0, 0.05) is 12.6 Å². The van der Waals surface area contributed by atoms with Gasteiger partial charge in [-0.25, -0.2) is 13.8 Å². The highest BCUT2D eigenvalue weighted by Crippen LogP contribution is 2.20. The molecular formula is C15H10F2N2O2. The van der Waals surface area contributed by atoms with Crippen molar-refractivity contribution < 1.29 is 18.0 Å². The number of nitrogens with zero attached hydrogens (tertiary/aromatic N) is 1. The second kappa shape index (κ2) is 4.97. The largest absolute Gasteiger partial charge is 0.441 e. The van der Waals surface area contributed by atoms with Crippen LogP contribution < -0.4 is 5.32 Å². The van der Waals surface area contributed by atoms with Crippen molar-refractivity contribution in [1.29, 1.82) is 0 Å². The molecular weight excluding hydrogens is 278 g/mol. The van der Waals surface area contributed by atoms with Crippen molar-refractivity contribution in [3.05, 3.63) is 59.5 Å². The van der Waals surface area contributed by atoms with Crippen LogP contribution in [0.15, 0.2) is 40.8 Å². The Balaban J connectivity index is 1.90. The lowest BCUT2D eigenvalue weighted by atomic mass is 10.2. The molecule has 1 amide bonds. The summed E-state index contributed by atoms with van der Waals surface area (Å²) in [6.07, 6.45) is 0. The van der Waals surface area contributed by atoms with Crippen LogP contribution in [0, 0.1) is 18.6 Å². The maximum Gasteiger partial charge on any atom is 0.258 e. The summed E-state index contributed by atoms with van der Waals surface area (Å²) in [7, 11) is 0. The number of nitrogens with one attached hydrogen (secondary N) is 1. The number of hydrogen-bond donors (Lipinski definition) is 1. The van der Waals surface area contributed by atoms with E-state index in [1.165, 1.54) is 0 Å². The standard InChI is InChI=1S/C15H10F2N2O2/c1-8-18-13-7-10(3-5-14(13)21-8)19-15(20)11-6-9(16)2-4-12(11)17/h2-7H,1H3,(H,19,20). The fourth-order valence-electron chi connectivity index (χ4n) is 1.99. The summed E-state index contributed by atoms with van der Waals surface area (Å²) in [4.78, 5) is 16.1. The maximum absolute atomic E-state index is 13.5. The van der Waals surface area contributed by atoms with E-state index in [2.05, 4.69) is 10.3 Å². The Labute approximate surface area is 118 Å². The molecule has 0 saturated carbocycles. The number of halogens is 2. The molecule has 1 heterocycles. The molecule has 21 heavy (non-hydrogen) atoms. The van der Waals surface area contributed by atoms with Gasteiger partial charge in [0.1, 0.15) is 17.2 Å². The Morgan fingerprint density at radius 2 is 2.00 bits per heavy atom. The molecule has 0 atom stereocenters. The molecule has 1 aromatic heterocycles. The van der Waals surface area contributed by atoms with Gasteiger partial charge in [0.25, 0.3) is 5.91 Å². The molecule has 0 aliphatic rings. The van der Waals surface area contributed by atoms with E-state index in [1.54, 1.807) is 25.1 Å². The molecule has 2 aromatic carbocycles. The number of carbonyl (C=O) groups excluding carboxylic acids is 1. The SMILES string of the molecule is Cc1nc2cc(NC(=O)c3cc(F)ccc3F)ccc2o1. The molecule has 3 rings (SSSR count). The molecule has 0 unspecified atom stereocenters. The first-order valence-corrected chi connectivity index (χ1v) is 6.16. The molecule has 0 radical (unpaired) electrons. The van der Waals surface area contributed by atoms with E-state index in [1.807, 2.05) is 0 Å². The Bertz CT molecular complexity index is 843. The molecule has 0 bridgehead atoms. The van der Waals surface area contributed by atoms with Gasteiger partial charge in [-0.1, -0.05) is 0 Å². The zero-order valence-electron chi connectivity index (χ0n) is 11.0. The molecule has 106 valence electrons. The molecule has 0 fully saturated rings. The first-order chi connectivity index (χ1) is 10.0. The summed E-state index contributed by atoms with van der Waals surface area (Å²) in [5.41, 5.74) is 1.23. The number of aromatic nitrogens is 1. The maximum atomic E-state index is 13.5. The fraction of sp³-hybridized carbons (Fsp3) is 0.0667. The van der Waals surface area contributed by atoms with Gasteiger partial charge in [-0.15, -0.1) is 0 Å². The average Bonchev–Trinajstić information content (AvgIpc) is 2.80. The Hall–Kier alpha value is -2.76. The van der Waals surface area contributed by atoms with Gasteiger partial charge < -0.3 is 9.73 Å². The lowest BCUT2D eigenvalue weighted by Crippen LogP contribution is -2.14. The number of amides is 1. The molecule has 1 N–H and O–H groups in total. The van der Waals surface area contributed by atoms with Crippen LogP contribution in [0.4, 0.5) is 14.5 Å². The lowest BCUT2D eigenvalue weighted by Gasteiger charge is -2.06. The van der Waals surface area contributed by atoms with Crippen LogP contribution in [0.5, 0.6) is 0 Å². The predicted molar refractivity (Wildman–Crippen MR) is 73.1 cm³/mol. The van der Waals surface area contributed by atoms with E-state index < -0.39 is 17.5 Å². The average molecular weight is 288 g/mol. The van der Waals surface area contributed by atoms with Crippen molar-refractivity contribution in [1.82, 2.24) is 4.98 Å². The van der Waals surface area contributed by atoms with Gasteiger partial charge in [-0.3, -0.25) is 4.79 Å². The van der Waals surface area contributed by atoms with E-state index in [4.69, 9.17) is 4.42 Å². The first kappa shape index (κ1) is 13.2. The van der Waals surface area contributed by atoms with Crippen molar-refractivity contribution >= 4 is 22.7 Å². The third-order valence-corrected chi connectivity index (χ3v) is 2.93. The fourth-order valence-corrected chi connectivity index (χ4v) is 1.99. The minimum absolute atomic E-state index is 0.355. The van der Waals surface area contributed by atoms with E-state index in [0.717, 1.165) is 18.2 Å². The highest BCUT2D eigenvalue weighted by Gasteiger charge is 2.13. The number of oxazole rings is 1. The Morgan fingerprint density at radius 3 is 2.81 bits per heavy atom. The van der Waals surface area contributed by atoms with Crippen LogP contribution in [-0.4, -0.2) is 10.9 Å². The Morgan fingerprint density at radius 1 is 1.19 bits per heavy atom. The number of carbonyl (C=O) groups is 1. The number of benzene rings is 2. The summed E-state index contributed by atoms with van der Waals surface area (Å²) < 4.78 is 31.9. The second-order valence-electron chi connectivity index (χ2n) is 4.49. The van der Waals surface area contributed by atoms with Crippen LogP contribution in [0.1, 0.15) is 16.2 Å². The summed E-state index contributed by atoms with van der Waals surface area (Å²) in [5.74, 6) is -1.69. The zero-order valence-corrected chi connectivity index (χ0v) is 11.0. The summed E-state index contributed by atoms with van der Waals surface area (Å²) in [5, 5.41) is 2.50. The van der Waals surface area contributed by atoms with Crippen LogP contribution in [0.2, 0.25) is 0 Å². The van der Waals surface area contributed by atoms with E-state index in [9.17, 15) is 13.6 Å². The van der Waals surface area contributed by atoms with Crippen LogP contribution >= 0.6 is 0 Å². The number of fused-ring (bicyclic) bond motifs is 1. The third kappa shape index (κ3) is 2.60. The normalized spacial score (nSPS) is 10.8. The molecule has 0 aliphatic heterocycles.